The highest BCUT2D eigenvalue weighted by atomic mass is 16.6. The molecule has 0 amide bonds. The Kier molecular flexibility index (Phi) is 9.18. The molecule has 0 N–H and O–H groups in total. The lowest BCUT2D eigenvalue weighted by Gasteiger charge is -2.03. The van der Waals surface area contributed by atoms with Gasteiger partial charge in [0.2, 0.25) is 0 Å². The molecule has 0 bridgehead atoms. The maximum absolute atomic E-state index is 11.5. The number of benzene rings is 1. The number of rotatable bonds is 10. The lowest BCUT2D eigenvalue weighted by molar-refractivity contribution is -0.159. The van der Waals surface area contributed by atoms with Crippen LogP contribution in [0.1, 0.15) is 63.9 Å². The van der Waals surface area contributed by atoms with Gasteiger partial charge in [-0.25, -0.2) is 0 Å². The van der Waals surface area contributed by atoms with E-state index < -0.39 is 0 Å². The number of aryl methyl sites for hydroxylation is 1. The second-order valence-corrected chi connectivity index (χ2v) is 5.35. The number of carbonyl (C=O) groups is 2. The molecule has 0 spiro atoms. The van der Waals surface area contributed by atoms with Crippen molar-refractivity contribution in [2.75, 3.05) is 0 Å². The zero-order chi connectivity index (χ0) is 15.3. The standard InChI is InChI=1S/C18H26O3/c1-2-3-4-8-14-17(19)21-18(20)15-10-9-13-16-11-6-5-7-12-16/h5-7,11-12H,2-4,8-10,13-15H2,1H3. The van der Waals surface area contributed by atoms with E-state index in [4.69, 9.17) is 4.74 Å². The molecule has 0 aliphatic carbocycles. The molecule has 116 valence electrons. The van der Waals surface area contributed by atoms with Crippen molar-refractivity contribution in [3.8, 4) is 0 Å². The summed E-state index contributed by atoms with van der Waals surface area (Å²) in [6, 6.07) is 10.2. The van der Waals surface area contributed by atoms with E-state index >= 15 is 0 Å². The fraction of sp³-hybridized carbons (Fsp3) is 0.556. The Balaban J connectivity index is 2.04. The van der Waals surface area contributed by atoms with Gasteiger partial charge in [0.15, 0.2) is 0 Å². The molecule has 0 fully saturated rings. The van der Waals surface area contributed by atoms with Gasteiger partial charge in [-0.1, -0.05) is 56.5 Å². The SMILES string of the molecule is CCCCCCC(=O)OC(=O)CCCCc1ccccc1. The van der Waals surface area contributed by atoms with Crippen LogP contribution in [0.4, 0.5) is 0 Å². The predicted molar refractivity (Wildman–Crippen MR) is 83.9 cm³/mol. The third-order valence-corrected chi connectivity index (χ3v) is 3.40. The van der Waals surface area contributed by atoms with Crippen molar-refractivity contribution in [3.63, 3.8) is 0 Å². The molecule has 1 aromatic carbocycles. The number of unbranched alkanes of at least 4 members (excludes halogenated alkanes) is 4. The lowest BCUT2D eigenvalue weighted by atomic mass is 10.1. The summed E-state index contributed by atoms with van der Waals surface area (Å²) < 4.78 is 4.81. The largest absolute Gasteiger partial charge is 0.393 e. The van der Waals surface area contributed by atoms with E-state index in [0.717, 1.165) is 44.9 Å². The van der Waals surface area contributed by atoms with Gasteiger partial charge in [-0.3, -0.25) is 9.59 Å². The number of hydrogen-bond donors (Lipinski definition) is 0. The minimum absolute atomic E-state index is 0.327. The van der Waals surface area contributed by atoms with Crippen LogP contribution >= 0.6 is 0 Å². The number of carbonyl (C=O) groups excluding carboxylic acids is 2. The molecule has 1 rings (SSSR count). The first-order valence-electron chi connectivity index (χ1n) is 7.99. The molecule has 0 heterocycles. The van der Waals surface area contributed by atoms with Gasteiger partial charge >= 0.3 is 11.9 Å². The van der Waals surface area contributed by atoms with Crippen LogP contribution in [-0.4, -0.2) is 11.9 Å². The summed E-state index contributed by atoms with van der Waals surface area (Å²) in [4.78, 5) is 22.9. The van der Waals surface area contributed by atoms with Gasteiger partial charge in [0, 0.05) is 12.8 Å². The van der Waals surface area contributed by atoms with E-state index in [9.17, 15) is 9.59 Å². The van der Waals surface area contributed by atoms with Gasteiger partial charge in [-0.2, -0.15) is 0 Å². The topological polar surface area (TPSA) is 43.4 Å². The molecule has 0 saturated heterocycles. The summed E-state index contributed by atoms with van der Waals surface area (Å²) in [7, 11) is 0. The van der Waals surface area contributed by atoms with Crippen molar-refractivity contribution in [1.29, 1.82) is 0 Å². The first-order chi connectivity index (χ1) is 10.2. The van der Waals surface area contributed by atoms with E-state index in [2.05, 4.69) is 19.1 Å². The van der Waals surface area contributed by atoms with E-state index in [1.165, 1.54) is 5.56 Å². The molecule has 0 aromatic heterocycles. The van der Waals surface area contributed by atoms with Crippen LogP contribution in [0.3, 0.4) is 0 Å². The second-order valence-electron chi connectivity index (χ2n) is 5.35. The number of esters is 2. The maximum Gasteiger partial charge on any atom is 0.313 e. The Morgan fingerprint density at radius 3 is 2.10 bits per heavy atom. The highest BCUT2D eigenvalue weighted by Crippen LogP contribution is 2.08. The van der Waals surface area contributed by atoms with Crippen LogP contribution in [0.2, 0.25) is 0 Å². The average Bonchev–Trinajstić information content (AvgIpc) is 2.49. The highest BCUT2D eigenvalue weighted by molar-refractivity contribution is 5.85. The van der Waals surface area contributed by atoms with Crippen LogP contribution in [0.5, 0.6) is 0 Å². The molecule has 0 aliphatic heterocycles. The van der Waals surface area contributed by atoms with Crippen molar-refractivity contribution in [3.05, 3.63) is 35.9 Å². The monoisotopic (exact) mass is 290 g/mol. The molecular formula is C18H26O3. The van der Waals surface area contributed by atoms with Crippen LogP contribution in [0.15, 0.2) is 30.3 Å². The summed E-state index contributed by atoms with van der Waals surface area (Å²) >= 11 is 0. The van der Waals surface area contributed by atoms with Crippen molar-refractivity contribution in [2.45, 2.75) is 64.7 Å². The van der Waals surface area contributed by atoms with E-state index in [1.54, 1.807) is 0 Å². The third kappa shape index (κ3) is 9.01. The molecule has 1 aromatic rings. The maximum atomic E-state index is 11.5. The Morgan fingerprint density at radius 2 is 1.48 bits per heavy atom. The summed E-state index contributed by atoms with van der Waals surface area (Å²) in [5, 5.41) is 0. The van der Waals surface area contributed by atoms with Crippen molar-refractivity contribution < 1.29 is 14.3 Å². The van der Waals surface area contributed by atoms with Crippen LogP contribution in [0.25, 0.3) is 0 Å². The van der Waals surface area contributed by atoms with Crippen molar-refractivity contribution in [1.82, 2.24) is 0 Å². The first-order valence-corrected chi connectivity index (χ1v) is 7.99. The van der Waals surface area contributed by atoms with Crippen LogP contribution in [-0.2, 0) is 20.7 Å². The molecule has 3 heteroatoms. The van der Waals surface area contributed by atoms with Gasteiger partial charge in [0.1, 0.15) is 0 Å². The normalized spacial score (nSPS) is 10.3. The van der Waals surface area contributed by atoms with Crippen molar-refractivity contribution >= 4 is 11.9 Å². The quantitative estimate of drug-likeness (QED) is 0.363. The lowest BCUT2D eigenvalue weighted by Crippen LogP contribution is -2.11. The Bertz CT molecular complexity index is 412. The zero-order valence-corrected chi connectivity index (χ0v) is 13.0. The third-order valence-electron chi connectivity index (χ3n) is 3.40. The molecule has 0 atom stereocenters. The molecule has 0 unspecified atom stereocenters. The highest BCUT2D eigenvalue weighted by Gasteiger charge is 2.09. The van der Waals surface area contributed by atoms with Gasteiger partial charge in [-0.15, -0.1) is 0 Å². The average molecular weight is 290 g/mol. The van der Waals surface area contributed by atoms with Gasteiger partial charge < -0.3 is 4.74 Å². The smallest absolute Gasteiger partial charge is 0.313 e. The number of ether oxygens (including phenoxy) is 1. The molecule has 0 aliphatic rings. The van der Waals surface area contributed by atoms with Crippen LogP contribution in [0, 0.1) is 0 Å². The van der Waals surface area contributed by atoms with Gasteiger partial charge in [-0.05, 0) is 31.2 Å². The summed E-state index contributed by atoms with van der Waals surface area (Å²) in [5.74, 6) is -0.761. The minimum Gasteiger partial charge on any atom is -0.393 e. The Labute approximate surface area is 127 Å². The molecule has 21 heavy (non-hydrogen) atoms. The van der Waals surface area contributed by atoms with E-state index in [0.29, 0.717) is 12.8 Å². The van der Waals surface area contributed by atoms with Gasteiger partial charge in [0.25, 0.3) is 0 Å². The fourth-order valence-corrected chi connectivity index (χ4v) is 2.17. The summed E-state index contributed by atoms with van der Waals surface area (Å²) in [6.07, 6.45) is 7.43. The zero-order valence-electron chi connectivity index (χ0n) is 13.0. The van der Waals surface area contributed by atoms with E-state index in [1.807, 2.05) is 18.2 Å². The summed E-state index contributed by atoms with van der Waals surface area (Å²) in [5.41, 5.74) is 1.28. The second kappa shape index (κ2) is 11.1. The first kappa shape index (κ1) is 17.4. The minimum atomic E-state index is -0.386. The fourth-order valence-electron chi connectivity index (χ4n) is 2.17. The Hall–Kier alpha value is -1.64. The van der Waals surface area contributed by atoms with E-state index in [-0.39, 0.29) is 11.9 Å². The molecule has 0 saturated carbocycles. The van der Waals surface area contributed by atoms with Gasteiger partial charge in [0.05, 0.1) is 0 Å². The number of hydrogen-bond acceptors (Lipinski definition) is 3. The predicted octanol–water partition coefficient (Wildman–Crippen LogP) is 4.44. The Morgan fingerprint density at radius 1 is 0.857 bits per heavy atom. The molecule has 3 nitrogen and oxygen atoms in total. The van der Waals surface area contributed by atoms with Crippen LogP contribution < -0.4 is 0 Å². The molecular weight excluding hydrogens is 264 g/mol. The molecule has 0 radical (unpaired) electrons. The summed E-state index contributed by atoms with van der Waals surface area (Å²) in [6.45, 7) is 2.12. The van der Waals surface area contributed by atoms with Crippen molar-refractivity contribution in [2.24, 2.45) is 0 Å².